The zero-order valence-corrected chi connectivity index (χ0v) is 11.6. The summed E-state index contributed by atoms with van der Waals surface area (Å²) in [5.41, 5.74) is 2.29. The molecule has 2 N–H and O–H groups in total. The van der Waals surface area contributed by atoms with Crippen molar-refractivity contribution in [3.05, 3.63) is 29.6 Å². The number of imidazole rings is 1. The number of fused-ring (bicyclic) bond motifs is 1. The molecule has 0 spiro atoms. The molecule has 0 saturated heterocycles. The number of hydrogen-bond donors (Lipinski definition) is 2. The average Bonchev–Trinajstić information content (AvgIpc) is 2.81. The predicted molar refractivity (Wildman–Crippen MR) is 76.0 cm³/mol. The van der Waals surface area contributed by atoms with Gasteiger partial charge in [0.25, 0.3) is 0 Å². The normalized spacial score (nSPS) is 11.2. The minimum Gasteiger partial charge on any atom is -0.481 e. The first-order valence-corrected chi connectivity index (χ1v) is 6.72. The Bertz CT molecular complexity index is 644. The van der Waals surface area contributed by atoms with Gasteiger partial charge in [-0.25, -0.2) is 4.98 Å². The number of ketones is 1. The van der Waals surface area contributed by atoms with Crippen LogP contribution in [0.25, 0.3) is 11.0 Å². The Morgan fingerprint density at radius 2 is 2.05 bits per heavy atom. The lowest BCUT2D eigenvalue weighted by Crippen LogP contribution is -2.01. The summed E-state index contributed by atoms with van der Waals surface area (Å²) < 4.78 is 0. The fourth-order valence-electron chi connectivity index (χ4n) is 2.02. The number of carboxylic acid groups (broad SMARTS) is 1. The predicted octanol–water partition coefficient (Wildman–Crippen LogP) is 3.12. The molecule has 0 amide bonds. The van der Waals surface area contributed by atoms with Crippen molar-refractivity contribution >= 4 is 22.8 Å². The van der Waals surface area contributed by atoms with E-state index in [-0.39, 0.29) is 18.6 Å². The summed E-state index contributed by atoms with van der Waals surface area (Å²) >= 11 is 0. The molecule has 2 rings (SSSR count). The van der Waals surface area contributed by atoms with Gasteiger partial charge in [-0.05, 0) is 24.6 Å². The second kappa shape index (κ2) is 5.86. The van der Waals surface area contributed by atoms with Crippen LogP contribution in [-0.2, 0) is 4.79 Å². The third kappa shape index (κ3) is 3.23. The van der Waals surface area contributed by atoms with Crippen LogP contribution in [0.2, 0.25) is 0 Å². The molecule has 1 aromatic heterocycles. The Hall–Kier alpha value is -2.17. The van der Waals surface area contributed by atoms with E-state index in [0.29, 0.717) is 17.9 Å². The average molecular weight is 274 g/mol. The molecular weight excluding hydrogens is 256 g/mol. The third-order valence-corrected chi connectivity index (χ3v) is 3.16. The molecule has 0 atom stereocenters. The molecule has 106 valence electrons. The fraction of sp³-hybridized carbons (Fsp3) is 0.400. The van der Waals surface area contributed by atoms with Crippen LogP contribution >= 0.6 is 0 Å². The summed E-state index contributed by atoms with van der Waals surface area (Å²) in [5, 5.41) is 8.57. The molecule has 1 aromatic carbocycles. The van der Waals surface area contributed by atoms with Crippen molar-refractivity contribution in [2.45, 2.75) is 39.0 Å². The number of nitrogens with one attached hydrogen (secondary N) is 1. The van der Waals surface area contributed by atoms with Crippen LogP contribution in [0, 0.1) is 0 Å². The van der Waals surface area contributed by atoms with E-state index in [0.717, 1.165) is 16.9 Å². The summed E-state index contributed by atoms with van der Waals surface area (Å²) in [6.07, 6.45) is 0.644. The number of carboxylic acids is 1. The number of carbonyl (C=O) groups excluding carboxylic acids is 1. The van der Waals surface area contributed by atoms with Crippen molar-refractivity contribution in [1.29, 1.82) is 0 Å². The Balaban J connectivity index is 2.14. The van der Waals surface area contributed by atoms with E-state index in [1.54, 1.807) is 12.1 Å². The summed E-state index contributed by atoms with van der Waals surface area (Å²) in [6.45, 7) is 4.10. The monoisotopic (exact) mass is 274 g/mol. The van der Waals surface area contributed by atoms with E-state index in [1.165, 1.54) is 0 Å². The van der Waals surface area contributed by atoms with Gasteiger partial charge in [0.15, 0.2) is 5.78 Å². The molecule has 0 aliphatic carbocycles. The van der Waals surface area contributed by atoms with Gasteiger partial charge in [-0.3, -0.25) is 9.59 Å². The Morgan fingerprint density at radius 1 is 1.30 bits per heavy atom. The molecule has 0 saturated carbocycles. The molecule has 0 radical (unpaired) electrons. The van der Waals surface area contributed by atoms with E-state index in [9.17, 15) is 9.59 Å². The Labute approximate surface area is 117 Å². The molecule has 0 fully saturated rings. The highest BCUT2D eigenvalue weighted by atomic mass is 16.4. The van der Waals surface area contributed by atoms with Gasteiger partial charge in [0, 0.05) is 24.3 Å². The van der Waals surface area contributed by atoms with Crippen molar-refractivity contribution in [1.82, 2.24) is 9.97 Å². The number of aromatic nitrogens is 2. The van der Waals surface area contributed by atoms with Crippen molar-refractivity contribution in [3.8, 4) is 0 Å². The smallest absolute Gasteiger partial charge is 0.303 e. The van der Waals surface area contributed by atoms with Crippen molar-refractivity contribution in [3.63, 3.8) is 0 Å². The summed E-state index contributed by atoms with van der Waals surface area (Å²) in [5.74, 6) is 0.296. The maximum Gasteiger partial charge on any atom is 0.303 e. The lowest BCUT2D eigenvalue weighted by molar-refractivity contribution is -0.137. The number of aliphatic carboxylic acids is 1. The highest BCUT2D eigenvalue weighted by Gasteiger charge is 2.11. The molecule has 0 bridgehead atoms. The highest BCUT2D eigenvalue weighted by molar-refractivity contribution is 5.99. The lowest BCUT2D eigenvalue weighted by atomic mass is 10.1. The third-order valence-electron chi connectivity index (χ3n) is 3.16. The maximum absolute atomic E-state index is 12.0. The minimum absolute atomic E-state index is 0.0234. The largest absolute Gasteiger partial charge is 0.481 e. The van der Waals surface area contributed by atoms with Crippen LogP contribution < -0.4 is 0 Å². The van der Waals surface area contributed by atoms with Crippen LogP contribution in [0.3, 0.4) is 0 Å². The zero-order valence-electron chi connectivity index (χ0n) is 11.6. The quantitative estimate of drug-likeness (QED) is 0.793. The molecule has 2 aromatic rings. The molecule has 20 heavy (non-hydrogen) atoms. The van der Waals surface area contributed by atoms with Crippen LogP contribution in [0.15, 0.2) is 18.2 Å². The number of carbonyl (C=O) groups is 2. The van der Waals surface area contributed by atoms with E-state index >= 15 is 0 Å². The van der Waals surface area contributed by atoms with Crippen LogP contribution in [-0.4, -0.2) is 26.8 Å². The van der Waals surface area contributed by atoms with Crippen molar-refractivity contribution < 1.29 is 14.7 Å². The highest BCUT2D eigenvalue weighted by Crippen LogP contribution is 2.19. The summed E-state index contributed by atoms with van der Waals surface area (Å²) in [4.78, 5) is 30.1. The first-order chi connectivity index (χ1) is 9.47. The lowest BCUT2D eigenvalue weighted by Gasteiger charge is -2.00. The van der Waals surface area contributed by atoms with Gasteiger partial charge >= 0.3 is 5.97 Å². The van der Waals surface area contributed by atoms with Gasteiger partial charge in [0.1, 0.15) is 5.82 Å². The zero-order chi connectivity index (χ0) is 14.7. The van der Waals surface area contributed by atoms with E-state index in [2.05, 4.69) is 23.8 Å². The van der Waals surface area contributed by atoms with Crippen LogP contribution in [0.5, 0.6) is 0 Å². The standard InChI is InChI=1S/C15H18N2O3/c1-9(2)15-16-11-7-6-10(8-12(11)17-15)13(18)4-3-5-14(19)20/h6-9H,3-5H2,1-2H3,(H,16,17)(H,19,20). The summed E-state index contributed by atoms with van der Waals surface area (Å²) in [6, 6.07) is 5.36. The topological polar surface area (TPSA) is 83.1 Å². The Morgan fingerprint density at radius 3 is 2.70 bits per heavy atom. The van der Waals surface area contributed by atoms with Gasteiger partial charge < -0.3 is 10.1 Å². The minimum atomic E-state index is -0.872. The SMILES string of the molecule is CC(C)c1nc2ccc(C(=O)CCCC(=O)O)cc2[nH]1. The molecular formula is C15H18N2O3. The number of Topliss-reactive ketones (excluding diaryl/α,β-unsaturated/α-hetero) is 1. The molecule has 5 heteroatoms. The van der Waals surface area contributed by atoms with Crippen LogP contribution in [0.4, 0.5) is 0 Å². The Kier molecular flexibility index (Phi) is 4.17. The molecule has 5 nitrogen and oxygen atoms in total. The van der Waals surface area contributed by atoms with Gasteiger partial charge in [0.05, 0.1) is 11.0 Å². The van der Waals surface area contributed by atoms with E-state index < -0.39 is 5.97 Å². The number of H-pyrrole nitrogens is 1. The molecule has 0 aliphatic rings. The van der Waals surface area contributed by atoms with Crippen molar-refractivity contribution in [2.75, 3.05) is 0 Å². The number of hydrogen-bond acceptors (Lipinski definition) is 3. The summed E-state index contributed by atoms with van der Waals surface area (Å²) in [7, 11) is 0. The van der Waals surface area contributed by atoms with Crippen LogP contribution in [0.1, 0.15) is 55.2 Å². The van der Waals surface area contributed by atoms with Gasteiger partial charge in [-0.2, -0.15) is 0 Å². The first kappa shape index (κ1) is 14.2. The van der Waals surface area contributed by atoms with E-state index in [4.69, 9.17) is 5.11 Å². The number of aromatic amines is 1. The maximum atomic E-state index is 12.0. The van der Waals surface area contributed by atoms with Gasteiger partial charge in [0.2, 0.25) is 0 Å². The number of rotatable bonds is 6. The van der Waals surface area contributed by atoms with Gasteiger partial charge in [-0.15, -0.1) is 0 Å². The molecule has 1 heterocycles. The number of nitrogens with zero attached hydrogens (tertiary/aromatic N) is 1. The first-order valence-electron chi connectivity index (χ1n) is 6.72. The van der Waals surface area contributed by atoms with Gasteiger partial charge in [-0.1, -0.05) is 13.8 Å². The second-order valence-corrected chi connectivity index (χ2v) is 5.18. The number of benzene rings is 1. The molecule has 0 unspecified atom stereocenters. The second-order valence-electron chi connectivity index (χ2n) is 5.18. The fourth-order valence-corrected chi connectivity index (χ4v) is 2.02. The molecule has 0 aliphatic heterocycles. The van der Waals surface area contributed by atoms with E-state index in [1.807, 2.05) is 6.07 Å². The van der Waals surface area contributed by atoms with Crippen molar-refractivity contribution in [2.24, 2.45) is 0 Å².